The normalized spacial score (nSPS) is 18.3. The summed E-state index contributed by atoms with van der Waals surface area (Å²) in [6.07, 6.45) is 0.858. The molecule has 0 saturated heterocycles. The highest BCUT2D eigenvalue weighted by Gasteiger charge is 2.44. The van der Waals surface area contributed by atoms with Gasteiger partial charge in [-0.25, -0.2) is 4.98 Å². The van der Waals surface area contributed by atoms with Crippen molar-refractivity contribution in [1.29, 1.82) is 0 Å². The lowest BCUT2D eigenvalue weighted by Crippen LogP contribution is -2.14. The number of nitrogens with one attached hydrogen (secondary N) is 1. The van der Waals surface area contributed by atoms with E-state index in [2.05, 4.69) is 10.3 Å². The minimum absolute atomic E-state index is 0.0101. The van der Waals surface area contributed by atoms with Gasteiger partial charge >= 0.3 is 0 Å². The van der Waals surface area contributed by atoms with E-state index in [0.717, 1.165) is 12.0 Å². The Balaban J connectivity index is 1.41. The molecule has 0 spiro atoms. The molecule has 6 nitrogen and oxygen atoms in total. The Kier molecular flexibility index (Phi) is 4.22. The molecular weight excluding hydrogens is 350 g/mol. The van der Waals surface area contributed by atoms with E-state index in [1.54, 1.807) is 12.1 Å². The molecule has 4 rings (SSSR count). The first kappa shape index (κ1) is 16.4. The van der Waals surface area contributed by atoms with Crippen LogP contribution in [0.25, 0.3) is 11.3 Å². The second kappa shape index (κ2) is 6.68. The first-order valence-corrected chi connectivity index (χ1v) is 9.06. The van der Waals surface area contributed by atoms with Crippen LogP contribution in [0.2, 0.25) is 0 Å². The second-order valence-corrected chi connectivity index (χ2v) is 7.05. The highest BCUT2D eigenvalue weighted by molar-refractivity contribution is 7.14. The van der Waals surface area contributed by atoms with E-state index in [1.165, 1.54) is 29.0 Å². The molecule has 1 aliphatic rings. The van der Waals surface area contributed by atoms with E-state index < -0.39 is 4.92 Å². The van der Waals surface area contributed by atoms with Crippen LogP contribution in [0.3, 0.4) is 0 Å². The average molecular weight is 365 g/mol. The minimum Gasteiger partial charge on any atom is -0.302 e. The molecule has 0 aliphatic heterocycles. The monoisotopic (exact) mass is 365 g/mol. The van der Waals surface area contributed by atoms with Crippen LogP contribution < -0.4 is 5.32 Å². The standard InChI is InChI=1S/C19H15N3O3S/c23-18(16-10-15(16)12-4-2-1-3-5-12)21-19-20-17(11-26-19)13-6-8-14(9-7-13)22(24)25/h1-9,11,15-16H,10H2,(H,20,21,23). The van der Waals surface area contributed by atoms with Crippen molar-refractivity contribution in [2.45, 2.75) is 12.3 Å². The highest BCUT2D eigenvalue weighted by atomic mass is 32.1. The number of rotatable bonds is 5. The number of non-ortho nitro benzene ring substituents is 1. The molecule has 3 aromatic rings. The van der Waals surface area contributed by atoms with Crippen LogP contribution >= 0.6 is 11.3 Å². The van der Waals surface area contributed by atoms with Gasteiger partial charge in [-0.1, -0.05) is 30.3 Å². The minimum atomic E-state index is -0.435. The largest absolute Gasteiger partial charge is 0.302 e. The lowest BCUT2D eigenvalue weighted by Gasteiger charge is -2.01. The van der Waals surface area contributed by atoms with Gasteiger partial charge in [-0.15, -0.1) is 11.3 Å². The predicted octanol–water partition coefficient (Wildman–Crippen LogP) is 4.46. The summed E-state index contributed by atoms with van der Waals surface area (Å²) in [5.41, 5.74) is 2.70. The van der Waals surface area contributed by atoms with Gasteiger partial charge in [0.25, 0.3) is 5.69 Å². The number of nitro benzene ring substituents is 1. The van der Waals surface area contributed by atoms with Crippen LogP contribution in [0.5, 0.6) is 0 Å². The molecule has 26 heavy (non-hydrogen) atoms. The third kappa shape index (κ3) is 3.34. The SMILES string of the molecule is O=C(Nc1nc(-c2ccc([N+](=O)[O-])cc2)cs1)C1CC1c1ccccc1. The van der Waals surface area contributed by atoms with Crippen molar-refractivity contribution >= 4 is 28.1 Å². The summed E-state index contributed by atoms with van der Waals surface area (Å²) in [7, 11) is 0. The first-order chi connectivity index (χ1) is 12.6. The van der Waals surface area contributed by atoms with Crippen molar-refractivity contribution in [3.63, 3.8) is 0 Å². The first-order valence-electron chi connectivity index (χ1n) is 8.18. The summed E-state index contributed by atoms with van der Waals surface area (Å²) in [6.45, 7) is 0. The van der Waals surface area contributed by atoms with E-state index >= 15 is 0 Å². The van der Waals surface area contributed by atoms with Gasteiger partial charge < -0.3 is 5.32 Å². The molecule has 130 valence electrons. The van der Waals surface area contributed by atoms with Crippen LogP contribution in [-0.2, 0) is 4.79 Å². The molecule has 0 bridgehead atoms. The number of carbonyl (C=O) groups excluding carboxylic acids is 1. The van der Waals surface area contributed by atoms with Gasteiger partial charge in [-0.05, 0) is 30.0 Å². The summed E-state index contributed by atoms with van der Waals surface area (Å²) >= 11 is 1.35. The number of hydrogen-bond donors (Lipinski definition) is 1. The fourth-order valence-electron chi connectivity index (χ4n) is 2.97. The van der Waals surface area contributed by atoms with Crippen molar-refractivity contribution in [3.05, 3.63) is 75.7 Å². The summed E-state index contributed by atoms with van der Waals surface area (Å²) in [4.78, 5) is 27.1. The van der Waals surface area contributed by atoms with Gasteiger partial charge in [0.2, 0.25) is 5.91 Å². The molecule has 2 atom stereocenters. The van der Waals surface area contributed by atoms with Gasteiger partial charge in [0.05, 0.1) is 10.6 Å². The number of carbonyl (C=O) groups is 1. The van der Waals surface area contributed by atoms with Crippen molar-refractivity contribution in [2.75, 3.05) is 5.32 Å². The molecule has 1 aromatic heterocycles. The molecule has 1 aliphatic carbocycles. The summed E-state index contributed by atoms with van der Waals surface area (Å²) in [5.74, 6) is 0.262. The van der Waals surface area contributed by atoms with Crippen molar-refractivity contribution < 1.29 is 9.72 Å². The van der Waals surface area contributed by atoms with Crippen LogP contribution in [0, 0.1) is 16.0 Å². The maximum Gasteiger partial charge on any atom is 0.269 e. The van der Waals surface area contributed by atoms with Crippen LogP contribution in [-0.4, -0.2) is 15.8 Å². The van der Waals surface area contributed by atoms with Gasteiger partial charge in [0.1, 0.15) is 0 Å². The topological polar surface area (TPSA) is 85.1 Å². The Morgan fingerprint density at radius 2 is 1.88 bits per heavy atom. The van der Waals surface area contributed by atoms with Gasteiger partial charge in [0, 0.05) is 29.0 Å². The Labute approximate surface area is 153 Å². The van der Waals surface area contributed by atoms with E-state index in [0.29, 0.717) is 10.8 Å². The van der Waals surface area contributed by atoms with E-state index in [4.69, 9.17) is 0 Å². The Morgan fingerprint density at radius 1 is 1.15 bits per heavy atom. The van der Waals surface area contributed by atoms with Gasteiger partial charge in [-0.2, -0.15) is 0 Å². The van der Waals surface area contributed by atoms with Gasteiger partial charge in [-0.3, -0.25) is 14.9 Å². The fourth-order valence-corrected chi connectivity index (χ4v) is 3.69. The zero-order chi connectivity index (χ0) is 18.1. The smallest absolute Gasteiger partial charge is 0.269 e. The molecular formula is C19H15N3O3S. The van der Waals surface area contributed by atoms with Crippen molar-refractivity contribution in [2.24, 2.45) is 5.92 Å². The second-order valence-electron chi connectivity index (χ2n) is 6.19. The number of hydrogen-bond acceptors (Lipinski definition) is 5. The molecule has 1 N–H and O–H groups in total. The molecule has 1 heterocycles. The maximum atomic E-state index is 12.4. The van der Waals surface area contributed by atoms with E-state index in [9.17, 15) is 14.9 Å². The number of thiazole rings is 1. The van der Waals surface area contributed by atoms with Crippen LogP contribution in [0.4, 0.5) is 10.8 Å². The molecule has 7 heteroatoms. The number of nitrogens with zero attached hydrogens (tertiary/aromatic N) is 2. The quantitative estimate of drug-likeness (QED) is 0.534. The fraction of sp³-hybridized carbons (Fsp3) is 0.158. The molecule has 2 unspecified atom stereocenters. The Bertz CT molecular complexity index is 954. The highest BCUT2D eigenvalue weighted by Crippen LogP contribution is 2.48. The van der Waals surface area contributed by atoms with E-state index in [1.807, 2.05) is 35.7 Å². The Hall–Kier alpha value is -3.06. The third-order valence-electron chi connectivity index (χ3n) is 4.46. The average Bonchev–Trinajstić information content (AvgIpc) is 3.35. The molecule has 1 fully saturated rings. The van der Waals surface area contributed by atoms with Crippen molar-refractivity contribution in [3.8, 4) is 11.3 Å². The predicted molar refractivity (Wildman–Crippen MR) is 100 cm³/mol. The van der Waals surface area contributed by atoms with E-state index in [-0.39, 0.29) is 23.4 Å². The lowest BCUT2D eigenvalue weighted by molar-refractivity contribution is -0.384. The number of benzene rings is 2. The zero-order valence-corrected chi connectivity index (χ0v) is 14.5. The zero-order valence-electron chi connectivity index (χ0n) is 13.7. The summed E-state index contributed by atoms with van der Waals surface area (Å²) in [6, 6.07) is 16.2. The Morgan fingerprint density at radius 3 is 2.58 bits per heavy atom. The number of anilines is 1. The van der Waals surface area contributed by atoms with Gasteiger partial charge in [0.15, 0.2) is 5.13 Å². The molecule has 1 amide bonds. The van der Waals surface area contributed by atoms with Crippen LogP contribution in [0.1, 0.15) is 17.9 Å². The summed E-state index contributed by atoms with van der Waals surface area (Å²) < 4.78 is 0. The number of nitro groups is 1. The molecule has 2 aromatic carbocycles. The third-order valence-corrected chi connectivity index (χ3v) is 5.22. The van der Waals surface area contributed by atoms with Crippen LogP contribution in [0.15, 0.2) is 60.0 Å². The maximum absolute atomic E-state index is 12.4. The number of amides is 1. The van der Waals surface area contributed by atoms with Crippen molar-refractivity contribution in [1.82, 2.24) is 4.98 Å². The number of aromatic nitrogens is 1. The molecule has 1 saturated carbocycles. The lowest BCUT2D eigenvalue weighted by atomic mass is 10.1. The summed E-state index contributed by atoms with van der Waals surface area (Å²) in [5, 5.41) is 16.0. The molecule has 0 radical (unpaired) electrons.